The quantitative estimate of drug-likeness (QED) is 0.788. The molecule has 0 spiro atoms. The van der Waals surface area contributed by atoms with Crippen LogP contribution in [0.1, 0.15) is 28.9 Å². The number of likely N-dealkylation sites (tertiary alicyclic amines) is 1. The van der Waals surface area contributed by atoms with Gasteiger partial charge in [-0.25, -0.2) is 4.98 Å². The summed E-state index contributed by atoms with van der Waals surface area (Å²) in [7, 11) is 0. The van der Waals surface area contributed by atoms with Crippen LogP contribution in [0.25, 0.3) is 0 Å². The summed E-state index contributed by atoms with van der Waals surface area (Å²) in [6.07, 6.45) is 3.43. The Morgan fingerprint density at radius 1 is 1.27 bits per heavy atom. The average molecular weight is 393 g/mol. The molecule has 0 bridgehead atoms. The fraction of sp³-hybridized carbons (Fsp3) is 0.412. The van der Waals surface area contributed by atoms with E-state index in [0.29, 0.717) is 29.6 Å². The Kier molecular flexibility index (Phi) is 6.35. The van der Waals surface area contributed by atoms with Gasteiger partial charge in [-0.15, -0.1) is 22.7 Å². The van der Waals surface area contributed by atoms with Crippen LogP contribution in [0.2, 0.25) is 0 Å². The summed E-state index contributed by atoms with van der Waals surface area (Å²) in [6, 6.07) is 3.56. The molecule has 1 fully saturated rings. The van der Waals surface area contributed by atoms with E-state index in [4.69, 9.17) is 0 Å². The number of hydrogen-bond acceptors (Lipinski definition) is 6. The highest BCUT2D eigenvalue weighted by Gasteiger charge is 2.28. The van der Waals surface area contributed by atoms with Gasteiger partial charge in [0.05, 0.1) is 10.8 Å². The normalized spacial score (nSPS) is 16.9. The Bertz CT molecular complexity index is 746. The van der Waals surface area contributed by atoms with E-state index in [9.17, 15) is 14.4 Å². The van der Waals surface area contributed by atoms with E-state index < -0.39 is 0 Å². The van der Waals surface area contributed by atoms with Gasteiger partial charge in [-0.05, 0) is 24.3 Å². The van der Waals surface area contributed by atoms with Crippen molar-refractivity contribution in [3.8, 4) is 0 Å². The van der Waals surface area contributed by atoms with Crippen molar-refractivity contribution in [2.45, 2.75) is 19.3 Å². The molecule has 1 saturated heterocycles. The minimum atomic E-state index is -0.225. The molecule has 1 unspecified atom stereocenters. The second-order valence-corrected chi connectivity index (χ2v) is 7.83. The summed E-state index contributed by atoms with van der Waals surface area (Å²) in [5, 5.41) is 9.77. The number of carbonyl (C=O) groups is 3. The van der Waals surface area contributed by atoms with E-state index in [-0.39, 0.29) is 30.1 Å². The van der Waals surface area contributed by atoms with Crippen LogP contribution in [0.3, 0.4) is 0 Å². The molecule has 0 saturated carbocycles. The van der Waals surface area contributed by atoms with E-state index in [2.05, 4.69) is 15.6 Å². The molecular formula is C17H20N4O3S2. The van der Waals surface area contributed by atoms with Crippen molar-refractivity contribution in [1.82, 2.24) is 15.2 Å². The number of hydrogen-bond donors (Lipinski definition) is 2. The highest BCUT2D eigenvalue weighted by atomic mass is 32.1. The number of carbonyl (C=O) groups excluding carboxylic acids is 3. The minimum Gasteiger partial charge on any atom is -0.351 e. The van der Waals surface area contributed by atoms with Crippen LogP contribution in [-0.2, 0) is 9.59 Å². The van der Waals surface area contributed by atoms with Crippen molar-refractivity contribution in [3.05, 3.63) is 34.0 Å². The van der Waals surface area contributed by atoms with Crippen molar-refractivity contribution in [2.24, 2.45) is 5.92 Å². The van der Waals surface area contributed by atoms with Gasteiger partial charge in [0.2, 0.25) is 11.8 Å². The number of aromatic nitrogens is 1. The Hall–Kier alpha value is -2.26. The van der Waals surface area contributed by atoms with Crippen molar-refractivity contribution < 1.29 is 14.4 Å². The molecule has 2 aromatic rings. The first-order valence-electron chi connectivity index (χ1n) is 8.43. The van der Waals surface area contributed by atoms with Crippen molar-refractivity contribution in [1.29, 1.82) is 0 Å². The summed E-state index contributed by atoms with van der Waals surface area (Å²) < 4.78 is 0. The highest BCUT2D eigenvalue weighted by Crippen LogP contribution is 2.20. The molecule has 138 valence electrons. The van der Waals surface area contributed by atoms with Gasteiger partial charge >= 0.3 is 0 Å². The molecule has 3 heterocycles. The number of rotatable bonds is 6. The zero-order chi connectivity index (χ0) is 18.4. The van der Waals surface area contributed by atoms with Gasteiger partial charge in [0.15, 0.2) is 5.13 Å². The fourth-order valence-corrected chi connectivity index (χ4v) is 4.02. The second-order valence-electron chi connectivity index (χ2n) is 5.99. The minimum absolute atomic E-state index is 0.0387. The molecule has 2 aromatic heterocycles. The van der Waals surface area contributed by atoms with Gasteiger partial charge in [0, 0.05) is 37.6 Å². The smallest absolute Gasteiger partial charge is 0.261 e. The Labute approximate surface area is 159 Å². The number of nitrogens with zero attached hydrogens (tertiary/aromatic N) is 2. The Balaban J connectivity index is 1.43. The van der Waals surface area contributed by atoms with Gasteiger partial charge in [-0.2, -0.15) is 0 Å². The summed E-state index contributed by atoms with van der Waals surface area (Å²) in [5.74, 6) is -0.517. The molecule has 1 aliphatic rings. The third-order valence-electron chi connectivity index (χ3n) is 4.18. The zero-order valence-electron chi connectivity index (χ0n) is 14.1. The maximum absolute atomic E-state index is 12.4. The number of amides is 3. The number of nitrogens with one attached hydrogen (secondary N) is 2. The molecule has 3 rings (SSSR count). The molecule has 1 aliphatic heterocycles. The number of thiophene rings is 1. The van der Waals surface area contributed by atoms with Gasteiger partial charge in [0.1, 0.15) is 0 Å². The van der Waals surface area contributed by atoms with Gasteiger partial charge in [-0.1, -0.05) is 6.07 Å². The van der Waals surface area contributed by atoms with E-state index in [1.54, 1.807) is 22.5 Å². The van der Waals surface area contributed by atoms with E-state index >= 15 is 0 Å². The zero-order valence-corrected chi connectivity index (χ0v) is 15.8. The number of piperidine rings is 1. The molecule has 7 nitrogen and oxygen atoms in total. The van der Waals surface area contributed by atoms with Crippen molar-refractivity contribution >= 4 is 45.5 Å². The summed E-state index contributed by atoms with van der Waals surface area (Å²) in [4.78, 5) is 43.0. The summed E-state index contributed by atoms with van der Waals surface area (Å²) in [6.45, 7) is 1.36. The topological polar surface area (TPSA) is 91.4 Å². The van der Waals surface area contributed by atoms with Gasteiger partial charge in [0.25, 0.3) is 5.91 Å². The first kappa shape index (κ1) is 18.5. The lowest BCUT2D eigenvalue weighted by atomic mass is 9.97. The second kappa shape index (κ2) is 8.91. The van der Waals surface area contributed by atoms with Crippen LogP contribution >= 0.6 is 22.7 Å². The molecule has 1 atom stereocenters. The van der Waals surface area contributed by atoms with Crippen LogP contribution in [-0.4, -0.2) is 47.2 Å². The lowest BCUT2D eigenvalue weighted by Crippen LogP contribution is -2.44. The maximum Gasteiger partial charge on any atom is 0.261 e. The fourth-order valence-electron chi connectivity index (χ4n) is 2.85. The third kappa shape index (κ3) is 4.89. The molecule has 0 aromatic carbocycles. The van der Waals surface area contributed by atoms with Gasteiger partial charge < -0.3 is 15.5 Å². The van der Waals surface area contributed by atoms with Crippen LogP contribution in [0.5, 0.6) is 0 Å². The molecular weight excluding hydrogens is 372 g/mol. The van der Waals surface area contributed by atoms with Crippen LogP contribution in [0, 0.1) is 5.92 Å². The van der Waals surface area contributed by atoms with Crippen LogP contribution in [0.4, 0.5) is 5.13 Å². The monoisotopic (exact) mass is 392 g/mol. The van der Waals surface area contributed by atoms with Crippen molar-refractivity contribution in [3.63, 3.8) is 0 Å². The van der Waals surface area contributed by atoms with Gasteiger partial charge in [-0.3, -0.25) is 14.4 Å². The van der Waals surface area contributed by atoms with E-state index in [1.165, 1.54) is 22.7 Å². The van der Waals surface area contributed by atoms with Crippen LogP contribution in [0.15, 0.2) is 29.1 Å². The lowest BCUT2D eigenvalue weighted by molar-refractivity contribution is -0.134. The number of anilines is 1. The third-order valence-corrected chi connectivity index (χ3v) is 5.73. The van der Waals surface area contributed by atoms with Crippen LogP contribution < -0.4 is 10.6 Å². The van der Waals surface area contributed by atoms with Crippen molar-refractivity contribution in [2.75, 3.05) is 25.0 Å². The predicted molar refractivity (Wildman–Crippen MR) is 101 cm³/mol. The molecule has 0 radical (unpaired) electrons. The van der Waals surface area contributed by atoms with E-state index in [0.717, 1.165) is 12.8 Å². The lowest BCUT2D eigenvalue weighted by Gasteiger charge is -2.32. The predicted octanol–water partition coefficient (Wildman–Crippen LogP) is 2.20. The Morgan fingerprint density at radius 3 is 2.88 bits per heavy atom. The SMILES string of the molecule is O=C(NCCC(=O)N1CCCC(C(=O)Nc2nccs2)C1)c1cccs1. The largest absolute Gasteiger partial charge is 0.351 e. The molecule has 26 heavy (non-hydrogen) atoms. The molecule has 0 aliphatic carbocycles. The first-order chi connectivity index (χ1) is 12.6. The average Bonchev–Trinajstić information content (AvgIpc) is 3.35. The molecule has 9 heteroatoms. The van der Waals surface area contributed by atoms with E-state index in [1.807, 2.05) is 11.4 Å². The molecule has 3 amide bonds. The first-order valence-corrected chi connectivity index (χ1v) is 10.2. The standard InChI is InChI=1S/C17H20N4O3S2/c22-14(5-6-18-16(24)13-4-2-9-25-13)21-8-1-3-12(11-21)15(23)20-17-19-7-10-26-17/h2,4,7,9-10,12H,1,3,5-6,8,11H2,(H,18,24)(H,19,20,23). The highest BCUT2D eigenvalue weighted by molar-refractivity contribution is 7.13. The summed E-state index contributed by atoms with van der Waals surface area (Å²) in [5.41, 5.74) is 0. The Morgan fingerprint density at radius 2 is 2.15 bits per heavy atom. The number of thiazole rings is 1. The summed E-state index contributed by atoms with van der Waals surface area (Å²) >= 11 is 2.74. The molecule has 2 N–H and O–H groups in total. The maximum atomic E-state index is 12.4.